The van der Waals surface area contributed by atoms with Gasteiger partial charge in [0.15, 0.2) is 5.17 Å². The first kappa shape index (κ1) is 25.3. The van der Waals surface area contributed by atoms with Crippen molar-refractivity contribution in [1.29, 1.82) is 0 Å². The second kappa shape index (κ2) is 11.4. The number of rotatable bonds is 7. The smallest absolute Gasteiger partial charge is 0.262 e. The highest BCUT2D eigenvalue weighted by atomic mass is 32.2. The molecule has 188 valence electrons. The van der Waals surface area contributed by atoms with Gasteiger partial charge in [-0.3, -0.25) is 9.59 Å². The Hall–Kier alpha value is -3.36. The maximum atomic E-state index is 12.8. The van der Waals surface area contributed by atoms with E-state index in [1.807, 2.05) is 65.9 Å². The normalized spacial score (nSPS) is 19.1. The van der Waals surface area contributed by atoms with Crippen LogP contribution in [0, 0.1) is 0 Å². The third-order valence-corrected chi connectivity index (χ3v) is 8.31. The summed E-state index contributed by atoms with van der Waals surface area (Å²) in [6.07, 6.45) is 3.73. The molecule has 0 radical (unpaired) electrons. The summed E-state index contributed by atoms with van der Waals surface area (Å²) in [6, 6.07) is 26.2. The van der Waals surface area contributed by atoms with Gasteiger partial charge in [-0.15, -0.1) is 11.8 Å². The number of nitrogens with zero attached hydrogens (tertiary/aromatic N) is 3. The number of carbonyl (C=O) groups excluding carboxylic acids is 2. The number of amides is 2. The number of hydrazone groups is 1. The molecular weight excluding hydrogens is 500 g/mol. The average molecular weight is 529 g/mol. The van der Waals surface area contributed by atoms with Gasteiger partial charge in [0.1, 0.15) is 5.25 Å². The zero-order valence-electron chi connectivity index (χ0n) is 20.8. The zero-order valence-corrected chi connectivity index (χ0v) is 22.4. The first-order chi connectivity index (χ1) is 18.0. The minimum atomic E-state index is -0.571. The van der Waals surface area contributed by atoms with Gasteiger partial charge in [0, 0.05) is 23.4 Å². The van der Waals surface area contributed by atoms with Gasteiger partial charge in [0.25, 0.3) is 5.91 Å². The van der Waals surface area contributed by atoms with E-state index in [0.29, 0.717) is 11.6 Å². The fourth-order valence-corrected chi connectivity index (χ4v) is 5.93. The molecule has 0 saturated heterocycles. The highest BCUT2D eigenvalue weighted by molar-refractivity contribution is 8.15. The lowest BCUT2D eigenvalue weighted by Crippen LogP contribution is -2.25. The van der Waals surface area contributed by atoms with Crippen LogP contribution in [0.2, 0.25) is 0 Å². The van der Waals surface area contributed by atoms with E-state index in [-0.39, 0.29) is 24.3 Å². The Bertz CT molecular complexity index is 1360. The minimum absolute atomic E-state index is 0.0545. The second-order valence-corrected chi connectivity index (χ2v) is 10.9. The molecule has 2 amide bonds. The molecular formula is C29H28N4O2S2. The number of benzene rings is 3. The summed E-state index contributed by atoms with van der Waals surface area (Å²) in [7, 11) is 0. The van der Waals surface area contributed by atoms with E-state index in [9.17, 15) is 9.59 Å². The van der Waals surface area contributed by atoms with Crippen molar-refractivity contribution in [3.8, 4) is 0 Å². The summed E-state index contributed by atoms with van der Waals surface area (Å²) < 4.78 is 0. The predicted octanol–water partition coefficient (Wildman–Crippen LogP) is 6.15. The number of hydrogen-bond acceptors (Lipinski definition) is 6. The monoisotopic (exact) mass is 528 g/mol. The SMILES string of the molecule is CCc1ccc(C2CC(c3ccccc3)=NN2C2=NC(=O)C(CC(=O)Nc3cccc(SC)c3)S2)cc1. The molecule has 2 aliphatic heterocycles. The maximum Gasteiger partial charge on any atom is 0.262 e. The molecule has 2 unspecified atom stereocenters. The molecule has 2 atom stereocenters. The lowest BCUT2D eigenvalue weighted by Gasteiger charge is -2.23. The molecule has 8 heteroatoms. The number of aliphatic imine (C=N–C) groups is 1. The van der Waals surface area contributed by atoms with Crippen molar-refractivity contribution in [2.45, 2.75) is 42.4 Å². The Morgan fingerprint density at radius 3 is 2.59 bits per heavy atom. The summed E-state index contributed by atoms with van der Waals surface area (Å²) in [5.74, 6) is -0.501. The maximum absolute atomic E-state index is 12.8. The Morgan fingerprint density at radius 1 is 1.08 bits per heavy atom. The Labute approximate surface area is 225 Å². The molecule has 0 bridgehead atoms. The van der Waals surface area contributed by atoms with Crippen molar-refractivity contribution in [1.82, 2.24) is 5.01 Å². The van der Waals surface area contributed by atoms with Crippen molar-refractivity contribution in [3.63, 3.8) is 0 Å². The fourth-order valence-electron chi connectivity index (χ4n) is 4.41. The van der Waals surface area contributed by atoms with Gasteiger partial charge >= 0.3 is 0 Å². The van der Waals surface area contributed by atoms with E-state index in [1.54, 1.807) is 11.8 Å². The average Bonchev–Trinajstić information content (AvgIpc) is 3.53. The molecule has 0 fully saturated rings. The van der Waals surface area contributed by atoms with E-state index in [2.05, 4.69) is 41.5 Å². The number of thioether (sulfide) groups is 2. The van der Waals surface area contributed by atoms with Gasteiger partial charge in [0.2, 0.25) is 5.91 Å². The quantitative estimate of drug-likeness (QED) is 0.373. The fraction of sp³-hybridized carbons (Fsp3) is 0.241. The van der Waals surface area contributed by atoms with Crippen LogP contribution in [0.4, 0.5) is 5.69 Å². The largest absolute Gasteiger partial charge is 0.326 e. The summed E-state index contributed by atoms with van der Waals surface area (Å²) in [5, 5.41) is 9.67. The summed E-state index contributed by atoms with van der Waals surface area (Å²) in [5.41, 5.74) is 5.13. The van der Waals surface area contributed by atoms with E-state index in [0.717, 1.165) is 33.8 Å². The minimum Gasteiger partial charge on any atom is -0.326 e. The number of aryl methyl sites for hydroxylation is 1. The Kier molecular flexibility index (Phi) is 7.76. The van der Waals surface area contributed by atoms with Gasteiger partial charge < -0.3 is 5.32 Å². The Balaban J connectivity index is 1.33. The number of amidine groups is 1. The van der Waals surface area contributed by atoms with Crippen molar-refractivity contribution >= 4 is 51.9 Å². The van der Waals surface area contributed by atoms with E-state index in [4.69, 9.17) is 5.10 Å². The molecule has 6 nitrogen and oxygen atoms in total. The van der Waals surface area contributed by atoms with Crippen LogP contribution in [0.15, 0.2) is 93.9 Å². The van der Waals surface area contributed by atoms with Crippen LogP contribution in [0.5, 0.6) is 0 Å². The standard InChI is InChI=1S/C29H28N4O2S2/c1-3-19-12-14-21(15-13-19)25-17-24(20-8-5-4-6-9-20)32-33(25)29-31-28(35)26(37-29)18-27(34)30-22-10-7-11-23(16-22)36-2/h4-16,25-26H,3,17-18H2,1-2H3,(H,30,34). The number of anilines is 1. The highest BCUT2D eigenvalue weighted by Gasteiger charge is 2.39. The van der Waals surface area contributed by atoms with Gasteiger partial charge in [-0.05, 0) is 47.6 Å². The topological polar surface area (TPSA) is 74.1 Å². The van der Waals surface area contributed by atoms with Crippen LogP contribution in [0.3, 0.4) is 0 Å². The number of nitrogens with one attached hydrogen (secondary N) is 1. The van der Waals surface area contributed by atoms with Gasteiger partial charge in [0.05, 0.1) is 11.8 Å². The second-order valence-electron chi connectivity index (χ2n) is 8.90. The summed E-state index contributed by atoms with van der Waals surface area (Å²) >= 11 is 2.93. The lowest BCUT2D eigenvalue weighted by molar-refractivity contribution is -0.121. The molecule has 0 saturated carbocycles. The first-order valence-electron chi connectivity index (χ1n) is 12.3. The Morgan fingerprint density at radius 2 is 1.86 bits per heavy atom. The molecule has 0 spiro atoms. The third kappa shape index (κ3) is 5.81. The van der Waals surface area contributed by atoms with Crippen LogP contribution in [0.25, 0.3) is 0 Å². The van der Waals surface area contributed by atoms with Crippen LogP contribution in [0.1, 0.15) is 42.5 Å². The van der Waals surface area contributed by atoms with E-state index >= 15 is 0 Å². The van der Waals surface area contributed by atoms with Crippen LogP contribution in [-0.4, -0.2) is 39.2 Å². The van der Waals surface area contributed by atoms with E-state index < -0.39 is 5.25 Å². The molecule has 5 rings (SSSR count). The van der Waals surface area contributed by atoms with E-state index in [1.165, 1.54) is 17.3 Å². The molecule has 3 aromatic rings. The molecule has 2 heterocycles. The summed E-state index contributed by atoms with van der Waals surface area (Å²) in [6.45, 7) is 2.14. The molecule has 0 aliphatic carbocycles. The highest BCUT2D eigenvalue weighted by Crippen LogP contribution is 2.38. The van der Waals surface area contributed by atoms with Crippen LogP contribution < -0.4 is 5.32 Å². The van der Waals surface area contributed by atoms with Crippen molar-refractivity contribution in [2.75, 3.05) is 11.6 Å². The molecule has 2 aliphatic rings. The van der Waals surface area contributed by atoms with Gasteiger partial charge in [-0.25, -0.2) is 5.01 Å². The van der Waals surface area contributed by atoms with Crippen molar-refractivity contribution < 1.29 is 9.59 Å². The van der Waals surface area contributed by atoms with Crippen molar-refractivity contribution in [3.05, 3.63) is 95.6 Å². The first-order valence-corrected chi connectivity index (χ1v) is 14.4. The molecule has 37 heavy (non-hydrogen) atoms. The number of carbonyl (C=O) groups is 2. The molecule has 1 N–H and O–H groups in total. The summed E-state index contributed by atoms with van der Waals surface area (Å²) in [4.78, 5) is 31.0. The van der Waals surface area contributed by atoms with Gasteiger partial charge in [-0.2, -0.15) is 10.1 Å². The third-order valence-electron chi connectivity index (χ3n) is 6.44. The van der Waals surface area contributed by atoms with Crippen LogP contribution in [-0.2, 0) is 16.0 Å². The zero-order chi connectivity index (χ0) is 25.8. The number of hydrogen-bond donors (Lipinski definition) is 1. The molecule has 3 aromatic carbocycles. The van der Waals surface area contributed by atoms with Crippen LogP contribution >= 0.6 is 23.5 Å². The van der Waals surface area contributed by atoms with Gasteiger partial charge in [-0.1, -0.05) is 79.3 Å². The predicted molar refractivity (Wildman–Crippen MR) is 153 cm³/mol. The molecule has 0 aromatic heterocycles. The van der Waals surface area contributed by atoms with Crippen molar-refractivity contribution in [2.24, 2.45) is 10.1 Å². The lowest BCUT2D eigenvalue weighted by atomic mass is 9.97.